The van der Waals surface area contributed by atoms with Gasteiger partial charge in [-0.1, -0.05) is 6.92 Å². The summed E-state index contributed by atoms with van der Waals surface area (Å²) >= 11 is 0. The van der Waals surface area contributed by atoms with Crippen LogP contribution in [0.4, 0.5) is 0 Å². The number of amides is 1. The van der Waals surface area contributed by atoms with Crippen molar-refractivity contribution in [2.24, 2.45) is 5.92 Å². The molecule has 0 unspecified atom stereocenters. The van der Waals surface area contributed by atoms with Crippen LogP contribution >= 0.6 is 0 Å². The second kappa shape index (κ2) is 7.52. The van der Waals surface area contributed by atoms with Crippen LogP contribution in [0.5, 0.6) is 0 Å². The van der Waals surface area contributed by atoms with Crippen LogP contribution in [0.25, 0.3) is 11.9 Å². The van der Waals surface area contributed by atoms with Gasteiger partial charge in [0.2, 0.25) is 5.91 Å². The van der Waals surface area contributed by atoms with Gasteiger partial charge < -0.3 is 9.47 Å². The highest BCUT2D eigenvalue weighted by atomic mass is 16.2. The molecular formula is C21H30N4O. The zero-order chi connectivity index (χ0) is 18.8. The van der Waals surface area contributed by atoms with E-state index in [1.54, 1.807) is 6.08 Å². The SMILES string of the molecule is Cc1cc(/C=C/C(=O)N2CCC(C)CC2)c(C)n1-c1ccnn1C(C)C. The van der Waals surface area contributed by atoms with E-state index in [1.165, 1.54) is 0 Å². The largest absolute Gasteiger partial charge is 0.339 e. The van der Waals surface area contributed by atoms with Gasteiger partial charge in [0.15, 0.2) is 0 Å². The van der Waals surface area contributed by atoms with Gasteiger partial charge in [0.05, 0.1) is 6.20 Å². The molecule has 5 heteroatoms. The molecule has 2 aromatic heterocycles. The van der Waals surface area contributed by atoms with Crippen molar-refractivity contribution in [3.8, 4) is 5.82 Å². The average Bonchev–Trinajstić information content (AvgIpc) is 3.18. The van der Waals surface area contributed by atoms with Gasteiger partial charge >= 0.3 is 0 Å². The summed E-state index contributed by atoms with van der Waals surface area (Å²) in [5, 5.41) is 4.44. The molecule has 0 N–H and O–H groups in total. The Morgan fingerprint density at radius 2 is 1.96 bits per heavy atom. The molecule has 0 radical (unpaired) electrons. The number of aromatic nitrogens is 3. The predicted molar refractivity (Wildman–Crippen MR) is 105 cm³/mol. The highest BCUT2D eigenvalue weighted by molar-refractivity contribution is 5.92. The van der Waals surface area contributed by atoms with E-state index in [0.717, 1.165) is 54.6 Å². The number of carbonyl (C=O) groups excluding carboxylic acids is 1. The lowest BCUT2D eigenvalue weighted by Crippen LogP contribution is -2.36. The van der Waals surface area contributed by atoms with Gasteiger partial charge in [0.25, 0.3) is 0 Å². The number of piperidine rings is 1. The van der Waals surface area contributed by atoms with Crippen molar-refractivity contribution in [3.05, 3.63) is 41.4 Å². The van der Waals surface area contributed by atoms with Crippen molar-refractivity contribution in [3.63, 3.8) is 0 Å². The van der Waals surface area contributed by atoms with E-state index >= 15 is 0 Å². The first-order valence-electron chi connectivity index (χ1n) is 9.58. The van der Waals surface area contributed by atoms with Gasteiger partial charge in [-0.05, 0) is 64.2 Å². The van der Waals surface area contributed by atoms with Crippen LogP contribution in [-0.2, 0) is 4.79 Å². The number of aryl methyl sites for hydroxylation is 1. The number of hydrogen-bond donors (Lipinski definition) is 0. The molecule has 1 fully saturated rings. The van der Waals surface area contributed by atoms with Crippen molar-refractivity contribution in [2.75, 3.05) is 13.1 Å². The molecule has 1 aliphatic rings. The van der Waals surface area contributed by atoms with Crippen molar-refractivity contribution < 1.29 is 4.79 Å². The van der Waals surface area contributed by atoms with Crippen LogP contribution in [0.2, 0.25) is 0 Å². The predicted octanol–water partition coefficient (Wildman–Crippen LogP) is 4.14. The summed E-state index contributed by atoms with van der Waals surface area (Å²) in [6.45, 7) is 12.4. The molecular weight excluding hydrogens is 324 g/mol. The number of nitrogens with zero attached hydrogens (tertiary/aromatic N) is 4. The summed E-state index contributed by atoms with van der Waals surface area (Å²) in [5.41, 5.74) is 3.35. The third-order valence-electron chi connectivity index (χ3n) is 5.34. The minimum atomic E-state index is 0.119. The average molecular weight is 354 g/mol. The zero-order valence-corrected chi connectivity index (χ0v) is 16.6. The van der Waals surface area contributed by atoms with E-state index in [2.05, 4.69) is 50.4 Å². The molecule has 1 aliphatic heterocycles. The van der Waals surface area contributed by atoms with Crippen LogP contribution < -0.4 is 0 Å². The lowest BCUT2D eigenvalue weighted by Gasteiger charge is -2.29. The summed E-state index contributed by atoms with van der Waals surface area (Å²) < 4.78 is 4.23. The smallest absolute Gasteiger partial charge is 0.246 e. The Morgan fingerprint density at radius 3 is 2.62 bits per heavy atom. The Kier molecular flexibility index (Phi) is 5.35. The molecule has 0 atom stereocenters. The molecule has 5 nitrogen and oxygen atoms in total. The monoisotopic (exact) mass is 354 g/mol. The van der Waals surface area contributed by atoms with E-state index in [9.17, 15) is 4.79 Å². The van der Waals surface area contributed by atoms with Crippen molar-refractivity contribution in [2.45, 2.75) is 53.5 Å². The Labute approximate surface area is 156 Å². The molecule has 0 bridgehead atoms. The van der Waals surface area contributed by atoms with Gasteiger partial charge in [0, 0.05) is 42.7 Å². The fourth-order valence-electron chi connectivity index (χ4n) is 3.69. The van der Waals surface area contributed by atoms with Gasteiger partial charge in [-0.25, -0.2) is 4.68 Å². The van der Waals surface area contributed by atoms with Crippen molar-refractivity contribution >= 4 is 12.0 Å². The number of rotatable bonds is 4. The van der Waals surface area contributed by atoms with Gasteiger partial charge in [-0.2, -0.15) is 5.10 Å². The molecule has 3 rings (SSSR count). The number of carbonyl (C=O) groups is 1. The molecule has 3 heterocycles. The lowest BCUT2D eigenvalue weighted by atomic mass is 9.99. The molecule has 0 aromatic carbocycles. The molecule has 140 valence electrons. The summed E-state index contributed by atoms with van der Waals surface area (Å²) in [7, 11) is 0. The van der Waals surface area contributed by atoms with Crippen LogP contribution in [0.3, 0.4) is 0 Å². The molecule has 0 spiro atoms. The standard InChI is InChI=1S/C21H30N4O/c1-15(2)25-20(8-11-22-25)24-17(4)14-19(18(24)5)6-7-21(26)23-12-9-16(3)10-13-23/h6-8,11,14-16H,9-10,12-13H2,1-5H3/b7-6+. The van der Waals surface area contributed by atoms with E-state index in [0.29, 0.717) is 6.04 Å². The number of likely N-dealkylation sites (tertiary alicyclic amines) is 1. The molecule has 1 saturated heterocycles. The Hall–Kier alpha value is -2.30. The maximum Gasteiger partial charge on any atom is 0.246 e. The number of hydrogen-bond acceptors (Lipinski definition) is 2. The maximum atomic E-state index is 12.5. The normalized spacial score (nSPS) is 16.2. The third-order valence-corrected chi connectivity index (χ3v) is 5.34. The van der Waals surface area contributed by atoms with Crippen LogP contribution in [0.15, 0.2) is 24.4 Å². The molecule has 1 amide bonds. The minimum absolute atomic E-state index is 0.119. The zero-order valence-electron chi connectivity index (χ0n) is 16.6. The van der Waals surface area contributed by atoms with Crippen LogP contribution in [-0.4, -0.2) is 38.2 Å². The maximum absolute atomic E-state index is 12.5. The molecule has 0 saturated carbocycles. The highest BCUT2D eigenvalue weighted by Gasteiger charge is 2.19. The van der Waals surface area contributed by atoms with Crippen LogP contribution in [0.1, 0.15) is 56.6 Å². The van der Waals surface area contributed by atoms with E-state index < -0.39 is 0 Å². The van der Waals surface area contributed by atoms with Gasteiger partial charge in [0.1, 0.15) is 5.82 Å². The summed E-state index contributed by atoms with van der Waals surface area (Å²) in [4.78, 5) is 14.4. The molecule has 0 aliphatic carbocycles. The Bertz CT molecular complexity index is 804. The fraction of sp³-hybridized carbons (Fsp3) is 0.524. The second-order valence-electron chi connectivity index (χ2n) is 7.73. The topological polar surface area (TPSA) is 43.1 Å². The Morgan fingerprint density at radius 1 is 1.27 bits per heavy atom. The lowest BCUT2D eigenvalue weighted by molar-refractivity contribution is -0.127. The van der Waals surface area contributed by atoms with E-state index in [4.69, 9.17) is 0 Å². The van der Waals surface area contributed by atoms with Crippen molar-refractivity contribution in [1.29, 1.82) is 0 Å². The van der Waals surface area contributed by atoms with Gasteiger partial charge in [-0.15, -0.1) is 0 Å². The molecule has 26 heavy (non-hydrogen) atoms. The van der Waals surface area contributed by atoms with Crippen LogP contribution in [0, 0.1) is 19.8 Å². The quantitative estimate of drug-likeness (QED) is 0.774. The first-order chi connectivity index (χ1) is 12.4. The first-order valence-corrected chi connectivity index (χ1v) is 9.58. The first kappa shape index (κ1) is 18.5. The fourth-order valence-corrected chi connectivity index (χ4v) is 3.69. The third kappa shape index (κ3) is 3.62. The van der Waals surface area contributed by atoms with E-state index in [-0.39, 0.29) is 5.91 Å². The summed E-state index contributed by atoms with van der Waals surface area (Å²) in [6, 6.07) is 4.46. The minimum Gasteiger partial charge on any atom is -0.339 e. The Balaban J connectivity index is 1.82. The summed E-state index contributed by atoms with van der Waals surface area (Å²) in [5.74, 6) is 1.91. The summed E-state index contributed by atoms with van der Waals surface area (Å²) in [6.07, 6.45) is 7.72. The van der Waals surface area contributed by atoms with Gasteiger partial charge in [-0.3, -0.25) is 4.79 Å². The molecule has 2 aromatic rings. The van der Waals surface area contributed by atoms with E-state index in [1.807, 2.05) is 27.9 Å². The second-order valence-corrected chi connectivity index (χ2v) is 7.73. The highest BCUT2D eigenvalue weighted by Crippen LogP contribution is 2.24. The van der Waals surface area contributed by atoms with Crippen molar-refractivity contribution in [1.82, 2.24) is 19.2 Å².